The highest BCUT2D eigenvalue weighted by Crippen LogP contribution is 2.45. The molecule has 2 aliphatic rings. The monoisotopic (exact) mass is 417 g/mol. The van der Waals surface area contributed by atoms with Gasteiger partial charge in [-0.15, -0.1) is 12.4 Å². The lowest BCUT2D eigenvalue weighted by molar-refractivity contribution is -0.145. The third kappa shape index (κ3) is 4.07. The van der Waals surface area contributed by atoms with E-state index in [4.69, 9.17) is 0 Å². The Labute approximate surface area is 163 Å². The Morgan fingerprint density at radius 1 is 1.21 bits per heavy atom. The number of nitrogens with one attached hydrogen (secondary N) is 2. The van der Waals surface area contributed by atoms with Gasteiger partial charge in [0, 0.05) is 30.1 Å². The van der Waals surface area contributed by atoms with Crippen molar-refractivity contribution >= 4 is 18.3 Å². The number of piperidine rings is 1. The fourth-order valence-electron chi connectivity index (χ4n) is 3.30. The van der Waals surface area contributed by atoms with Gasteiger partial charge in [0.15, 0.2) is 0 Å². The first-order chi connectivity index (χ1) is 12.8. The van der Waals surface area contributed by atoms with Gasteiger partial charge in [0.1, 0.15) is 5.82 Å². The summed E-state index contributed by atoms with van der Waals surface area (Å²) in [6.07, 6.45) is -0.687. The Morgan fingerprint density at radius 2 is 1.93 bits per heavy atom. The van der Waals surface area contributed by atoms with Gasteiger partial charge in [0.2, 0.25) is 11.7 Å². The standard InChI is InChI=1S/C17H15F4N5O.ClH/c18-12-7-22-13(10-5-25-16(26-6-10)17(19,20)21)2-9(12)4-24-15(27)14-11-1-8(11)3-23-14;/h2,5-8,11,14,23H,1,3-4H2,(H,24,27);1H. The molecule has 0 spiro atoms. The number of rotatable bonds is 4. The van der Waals surface area contributed by atoms with E-state index in [1.165, 1.54) is 6.07 Å². The number of pyridine rings is 1. The molecule has 4 rings (SSSR count). The van der Waals surface area contributed by atoms with E-state index in [-0.39, 0.29) is 47.7 Å². The zero-order valence-corrected chi connectivity index (χ0v) is 15.1. The number of hydrogen-bond acceptors (Lipinski definition) is 5. The molecule has 0 bridgehead atoms. The fourth-order valence-corrected chi connectivity index (χ4v) is 3.30. The van der Waals surface area contributed by atoms with Crippen molar-refractivity contribution in [2.24, 2.45) is 11.8 Å². The third-order valence-electron chi connectivity index (χ3n) is 4.88. The first-order valence-corrected chi connectivity index (χ1v) is 8.38. The van der Waals surface area contributed by atoms with E-state index in [2.05, 4.69) is 25.6 Å². The summed E-state index contributed by atoms with van der Waals surface area (Å²) in [6, 6.07) is 1.12. The van der Waals surface area contributed by atoms with E-state index in [9.17, 15) is 22.4 Å². The SMILES string of the molecule is Cl.O=C(NCc1cc(-c2cnc(C(F)(F)F)nc2)ncc1F)C1NCC2CC21. The van der Waals surface area contributed by atoms with Crippen molar-refractivity contribution in [2.45, 2.75) is 25.2 Å². The molecule has 1 aliphatic carbocycles. The predicted molar refractivity (Wildman–Crippen MR) is 92.7 cm³/mol. The molecule has 28 heavy (non-hydrogen) atoms. The summed E-state index contributed by atoms with van der Waals surface area (Å²) in [6.45, 7) is 0.779. The molecule has 2 N–H and O–H groups in total. The summed E-state index contributed by atoms with van der Waals surface area (Å²) < 4.78 is 51.6. The summed E-state index contributed by atoms with van der Waals surface area (Å²) in [5, 5.41) is 5.83. The molecule has 2 fully saturated rings. The predicted octanol–water partition coefficient (Wildman–Crippen LogP) is 2.34. The molecule has 0 aromatic carbocycles. The van der Waals surface area contributed by atoms with Crippen LogP contribution in [0.4, 0.5) is 17.6 Å². The van der Waals surface area contributed by atoms with Crippen molar-refractivity contribution in [3.8, 4) is 11.3 Å². The summed E-state index contributed by atoms with van der Waals surface area (Å²) in [4.78, 5) is 22.6. The van der Waals surface area contributed by atoms with Crippen molar-refractivity contribution in [3.63, 3.8) is 0 Å². The Bertz CT molecular complexity index is 877. The van der Waals surface area contributed by atoms with Crippen LogP contribution in [0.3, 0.4) is 0 Å². The molecular weight excluding hydrogens is 402 g/mol. The van der Waals surface area contributed by atoms with Gasteiger partial charge in [-0.25, -0.2) is 14.4 Å². The van der Waals surface area contributed by atoms with Gasteiger partial charge in [-0.2, -0.15) is 13.2 Å². The molecule has 3 atom stereocenters. The number of amides is 1. The second-order valence-corrected chi connectivity index (χ2v) is 6.72. The molecule has 2 aromatic rings. The minimum absolute atomic E-state index is 0. The number of carbonyl (C=O) groups is 1. The molecule has 0 radical (unpaired) electrons. The van der Waals surface area contributed by atoms with Gasteiger partial charge >= 0.3 is 6.18 Å². The van der Waals surface area contributed by atoms with Crippen LogP contribution < -0.4 is 10.6 Å². The molecule has 1 saturated carbocycles. The normalized spacial score (nSPS) is 22.9. The smallest absolute Gasteiger partial charge is 0.351 e. The number of aromatic nitrogens is 3. The van der Waals surface area contributed by atoms with Gasteiger partial charge in [-0.3, -0.25) is 9.78 Å². The number of fused-ring (bicyclic) bond motifs is 1. The highest BCUT2D eigenvalue weighted by molar-refractivity contribution is 5.85. The molecule has 1 amide bonds. The molecule has 2 aromatic heterocycles. The Hall–Kier alpha value is -2.33. The van der Waals surface area contributed by atoms with Gasteiger partial charge in [0.05, 0.1) is 17.9 Å². The lowest BCUT2D eigenvalue weighted by Crippen LogP contribution is -2.42. The lowest BCUT2D eigenvalue weighted by atomic mass is 10.1. The van der Waals surface area contributed by atoms with Crippen LogP contribution >= 0.6 is 12.4 Å². The summed E-state index contributed by atoms with van der Waals surface area (Å²) >= 11 is 0. The van der Waals surface area contributed by atoms with Crippen LogP contribution in [0.5, 0.6) is 0 Å². The molecule has 6 nitrogen and oxygen atoms in total. The van der Waals surface area contributed by atoms with Crippen molar-refractivity contribution in [1.29, 1.82) is 0 Å². The molecule has 1 aliphatic heterocycles. The van der Waals surface area contributed by atoms with Crippen LogP contribution in [-0.2, 0) is 17.5 Å². The van der Waals surface area contributed by atoms with Gasteiger partial charge < -0.3 is 10.6 Å². The quantitative estimate of drug-likeness (QED) is 0.746. The highest BCUT2D eigenvalue weighted by Gasteiger charge is 2.50. The lowest BCUT2D eigenvalue weighted by Gasteiger charge is -2.14. The zero-order chi connectivity index (χ0) is 19.2. The van der Waals surface area contributed by atoms with Crippen LogP contribution in [0.15, 0.2) is 24.7 Å². The van der Waals surface area contributed by atoms with Crippen LogP contribution in [0, 0.1) is 17.7 Å². The molecule has 150 valence electrons. The minimum Gasteiger partial charge on any atom is -0.351 e. The van der Waals surface area contributed by atoms with Gasteiger partial charge in [-0.05, 0) is 30.9 Å². The van der Waals surface area contributed by atoms with E-state index >= 15 is 0 Å². The minimum atomic E-state index is -4.64. The van der Waals surface area contributed by atoms with Crippen molar-refractivity contribution in [1.82, 2.24) is 25.6 Å². The first kappa shape index (κ1) is 20.4. The van der Waals surface area contributed by atoms with Crippen molar-refractivity contribution in [3.05, 3.63) is 41.9 Å². The molecular formula is C17H16ClF4N5O. The first-order valence-electron chi connectivity index (χ1n) is 8.38. The number of halogens is 5. The summed E-state index contributed by atoms with van der Waals surface area (Å²) in [5.74, 6) is -1.15. The van der Waals surface area contributed by atoms with Crippen LogP contribution in [-0.4, -0.2) is 33.4 Å². The van der Waals surface area contributed by atoms with Crippen LogP contribution in [0.25, 0.3) is 11.3 Å². The van der Waals surface area contributed by atoms with E-state index < -0.39 is 17.8 Å². The molecule has 3 heterocycles. The molecule has 3 unspecified atom stereocenters. The van der Waals surface area contributed by atoms with Crippen LogP contribution in [0.1, 0.15) is 17.8 Å². The topological polar surface area (TPSA) is 79.8 Å². The number of alkyl halides is 3. The Balaban J connectivity index is 0.00000225. The largest absolute Gasteiger partial charge is 0.451 e. The third-order valence-corrected chi connectivity index (χ3v) is 4.88. The number of nitrogens with zero attached hydrogens (tertiary/aromatic N) is 3. The maximum Gasteiger partial charge on any atom is 0.451 e. The van der Waals surface area contributed by atoms with E-state index in [0.29, 0.717) is 11.8 Å². The Morgan fingerprint density at radius 3 is 2.50 bits per heavy atom. The maximum absolute atomic E-state index is 14.0. The summed E-state index contributed by atoms with van der Waals surface area (Å²) in [7, 11) is 0. The maximum atomic E-state index is 14.0. The fraction of sp³-hybridized carbons (Fsp3) is 0.412. The molecule has 1 saturated heterocycles. The van der Waals surface area contributed by atoms with Gasteiger partial charge in [0.25, 0.3) is 0 Å². The number of hydrogen-bond donors (Lipinski definition) is 2. The zero-order valence-electron chi connectivity index (χ0n) is 14.3. The summed E-state index contributed by atoms with van der Waals surface area (Å²) in [5.41, 5.74) is 0.614. The number of carbonyl (C=O) groups excluding carboxylic acids is 1. The second kappa shape index (κ2) is 7.59. The van der Waals surface area contributed by atoms with Gasteiger partial charge in [-0.1, -0.05) is 0 Å². The average molecular weight is 418 g/mol. The van der Waals surface area contributed by atoms with Crippen molar-refractivity contribution in [2.75, 3.05) is 6.54 Å². The van der Waals surface area contributed by atoms with Crippen LogP contribution in [0.2, 0.25) is 0 Å². The molecule has 11 heteroatoms. The van der Waals surface area contributed by atoms with E-state index in [1.807, 2.05) is 0 Å². The van der Waals surface area contributed by atoms with E-state index in [1.54, 1.807) is 0 Å². The van der Waals surface area contributed by atoms with E-state index in [0.717, 1.165) is 31.6 Å². The average Bonchev–Trinajstić information content (AvgIpc) is 3.30. The second-order valence-electron chi connectivity index (χ2n) is 6.72. The highest BCUT2D eigenvalue weighted by atomic mass is 35.5. The van der Waals surface area contributed by atoms with Crippen molar-refractivity contribution < 1.29 is 22.4 Å². The Kier molecular flexibility index (Phi) is 5.53.